The lowest BCUT2D eigenvalue weighted by atomic mass is 10.1. The van der Waals surface area contributed by atoms with Crippen LogP contribution in [0.15, 0.2) is 0 Å². The number of rotatable bonds is 1. The van der Waals surface area contributed by atoms with E-state index in [1.807, 2.05) is 4.90 Å². The molecule has 0 bridgehead atoms. The molecule has 0 aliphatic carbocycles. The molecule has 2 aliphatic rings. The zero-order valence-electron chi connectivity index (χ0n) is 9.65. The zero-order chi connectivity index (χ0) is 11.0. The van der Waals surface area contributed by atoms with E-state index < -0.39 is 0 Å². The van der Waals surface area contributed by atoms with Crippen molar-refractivity contribution < 1.29 is 4.79 Å². The van der Waals surface area contributed by atoms with Crippen LogP contribution in [0.5, 0.6) is 0 Å². The van der Waals surface area contributed by atoms with Gasteiger partial charge in [-0.3, -0.25) is 9.69 Å². The van der Waals surface area contributed by atoms with Crippen molar-refractivity contribution in [1.29, 1.82) is 0 Å². The molecule has 2 rings (SSSR count). The maximum Gasteiger partial charge on any atom is 0.239 e. The molecule has 2 fully saturated rings. The Morgan fingerprint density at radius 2 is 2.13 bits per heavy atom. The first-order chi connectivity index (χ1) is 7.09. The lowest BCUT2D eigenvalue weighted by Crippen LogP contribution is -2.56. The van der Waals surface area contributed by atoms with Crippen molar-refractivity contribution in [3.8, 4) is 0 Å². The van der Waals surface area contributed by atoms with Gasteiger partial charge in [0.1, 0.15) is 0 Å². The number of nitrogens with zero attached hydrogens (tertiary/aromatic N) is 2. The Balaban J connectivity index is 1.96. The number of hydrogen-bond acceptors (Lipinski definition) is 3. The molecule has 4 heteroatoms. The Morgan fingerprint density at radius 3 is 2.80 bits per heavy atom. The fraction of sp³-hybridized carbons (Fsp3) is 0.909. The van der Waals surface area contributed by atoms with Crippen LogP contribution in [0, 0.1) is 0 Å². The van der Waals surface area contributed by atoms with Crippen molar-refractivity contribution in [2.45, 2.75) is 44.8 Å². The van der Waals surface area contributed by atoms with Crippen LogP contribution in [0.4, 0.5) is 0 Å². The summed E-state index contributed by atoms with van der Waals surface area (Å²) in [5.74, 6) is 0.106. The molecule has 3 atom stereocenters. The molecule has 1 amide bonds. The average Bonchev–Trinajstić information content (AvgIpc) is 2.59. The summed E-state index contributed by atoms with van der Waals surface area (Å²) in [6.45, 7) is 6.80. The van der Waals surface area contributed by atoms with Crippen molar-refractivity contribution in [2.75, 3.05) is 19.6 Å². The highest BCUT2D eigenvalue weighted by Crippen LogP contribution is 2.26. The monoisotopic (exact) mass is 211 g/mol. The highest BCUT2D eigenvalue weighted by atomic mass is 16.2. The third-order valence-electron chi connectivity index (χ3n) is 3.71. The predicted octanol–water partition coefficient (Wildman–Crippen LogP) is 0.0287. The first-order valence-corrected chi connectivity index (χ1v) is 5.89. The van der Waals surface area contributed by atoms with E-state index in [1.54, 1.807) is 6.92 Å². The maximum atomic E-state index is 11.8. The summed E-state index contributed by atoms with van der Waals surface area (Å²) in [4.78, 5) is 16.2. The quantitative estimate of drug-likeness (QED) is 0.665. The summed E-state index contributed by atoms with van der Waals surface area (Å²) < 4.78 is 0. The van der Waals surface area contributed by atoms with Gasteiger partial charge in [-0.25, -0.2) is 0 Å². The maximum absolute atomic E-state index is 11.8. The first-order valence-electron chi connectivity index (χ1n) is 5.89. The van der Waals surface area contributed by atoms with Crippen molar-refractivity contribution >= 4 is 5.91 Å². The second kappa shape index (κ2) is 4.10. The Labute approximate surface area is 91.4 Å². The molecule has 2 saturated heterocycles. The molecule has 2 N–H and O–H groups in total. The highest BCUT2D eigenvalue weighted by Gasteiger charge is 2.36. The second-order valence-corrected chi connectivity index (χ2v) is 4.89. The minimum atomic E-state index is -0.352. The van der Waals surface area contributed by atoms with Crippen LogP contribution in [0.3, 0.4) is 0 Å². The number of carbonyl (C=O) groups excluding carboxylic acids is 1. The summed E-state index contributed by atoms with van der Waals surface area (Å²) in [6, 6.07) is 0.925. The van der Waals surface area contributed by atoms with Gasteiger partial charge in [-0.1, -0.05) is 0 Å². The van der Waals surface area contributed by atoms with E-state index in [9.17, 15) is 4.79 Å². The predicted molar refractivity (Wildman–Crippen MR) is 59.4 cm³/mol. The lowest BCUT2D eigenvalue weighted by Gasteiger charge is -2.39. The molecule has 0 aromatic heterocycles. The molecule has 2 heterocycles. The van der Waals surface area contributed by atoms with E-state index in [2.05, 4.69) is 11.8 Å². The molecular weight excluding hydrogens is 190 g/mol. The van der Waals surface area contributed by atoms with Crippen molar-refractivity contribution in [2.24, 2.45) is 5.73 Å². The number of carbonyl (C=O) groups is 1. The van der Waals surface area contributed by atoms with Gasteiger partial charge in [0.2, 0.25) is 5.91 Å². The van der Waals surface area contributed by atoms with Gasteiger partial charge in [0, 0.05) is 31.7 Å². The third kappa shape index (κ3) is 2.01. The normalized spacial score (nSPS) is 33.9. The van der Waals surface area contributed by atoms with Crippen molar-refractivity contribution in [1.82, 2.24) is 9.80 Å². The second-order valence-electron chi connectivity index (χ2n) is 4.89. The van der Waals surface area contributed by atoms with E-state index in [0.717, 1.165) is 19.6 Å². The van der Waals surface area contributed by atoms with Gasteiger partial charge < -0.3 is 10.6 Å². The molecule has 0 aromatic rings. The number of nitrogens with two attached hydrogens (primary N) is 1. The third-order valence-corrected chi connectivity index (χ3v) is 3.71. The fourth-order valence-corrected chi connectivity index (χ4v) is 2.79. The van der Waals surface area contributed by atoms with Crippen molar-refractivity contribution in [3.05, 3.63) is 0 Å². The first kappa shape index (κ1) is 10.9. The van der Waals surface area contributed by atoms with E-state index in [4.69, 9.17) is 5.73 Å². The summed E-state index contributed by atoms with van der Waals surface area (Å²) in [5, 5.41) is 0. The summed E-state index contributed by atoms with van der Waals surface area (Å²) in [7, 11) is 0. The molecule has 3 unspecified atom stereocenters. The number of piperazine rings is 1. The van der Waals surface area contributed by atoms with Crippen LogP contribution in [-0.4, -0.2) is 53.5 Å². The Morgan fingerprint density at radius 1 is 1.40 bits per heavy atom. The van der Waals surface area contributed by atoms with Crippen LogP contribution >= 0.6 is 0 Å². The van der Waals surface area contributed by atoms with Crippen molar-refractivity contribution in [3.63, 3.8) is 0 Å². The van der Waals surface area contributed by atoms with Gasteiger partial charge in [-0.2, -0.15) is 0 Å². The zero-order valence-corrected chi connectivity index (χ0v) is 9.65. The van der Waals surface area contributed by atoms with E-state index in [1.165, 1.54) is 12.8 Å². The molecule has 0 saturated carbocycles. The summed E-state index contributed by atoms with van der Waals surface area (Å²) in [5.41, 5.74) is 5.63. The fourth-order valence-electron chi connectivity index (χ4n) is 2.79. The van der Waals surface area contributed by atoms with Crippen LogP contribution in [0.25, 0.3) is 0 Å². The molecular formula is C11H21N3O. The Bertz CT molecular complexity index is 254. The Kier molecular flexibility index (Phi) is 2.98. The van der Waals surface area contributed by atoms with Gasteiger partial charge >= 0.3 is 0 Å². The molecule has 2 aliphatic heterocycles. The van der Waals surface area contributed by atoms with Crippen LogP contribution < -0.4 is 5.73 Å². The van der Waals surface area contributed by atoms with E-state index >= 15 is 0 Å². The van der Waals surface area contributed by atoms with Gasteiger partial charge in [-0.05, 0) is 26.7 Å². The number of hydrogen-bond donors (Lipinski definition) is 1. The minimum Gasteiger partial charge on any atom is -0.339 e. The van der Waals surface area contributed by atoms with Gasteiger partial charge in [0.05, 0.1) is 6.04 Å². The average molecular weight is 211 g/mol. The van der Waals surface area contributed by atoms with Crippen LogP contribution in [0.2, 0.25) is 0 Å². The summed E-state index contributed by atoms with van der Waals surface area (Å²) in [6.07, 6.45) is 2.49. The standard InChI is InChI=1S/C11H21N3O/c1-8-3-4-10-7-13(5-6-14(8)10)11(15)9(2)12/h8-10H,3-7,12H2,1-2H3. The highest BCUT2D eigenvalue weighted by molar-refractivity contribution is 5.81. The molecule has 0 aromatic carbocycles. The smallest absolute Gasteiger partial charge is 0.239 e. The van der Waals surface area contributed by atoms with Gasteiger partial charge in [0.25, 0.3) is 0 Å². The Hall–Kier alpha value is -0.610. The van der Waals surface area contributed by atoms with E-state index in [-0.39, 0.29) is 11.9 Å². The molecule has 4 nitrogen and oxygen atoms in total. The van der Waals surface area contributed by atoms with Gasteiger partial charge in [0.15, 0.2) is 0 Å². The molecule has 0 radical (unpaired) electrons. The minimum absolute atomic E-state index is 0.106. The molecule has 86 valence electrons. The van der Waals surface area contributed by atoms with Gasteiger partial charge in [-0.15, -0.1) is 0 Å². The van der Waals surface area contributed by atoms with E-state index in [0.29, 0.717) is 12.1 Å². The number of amides is 1. The molecule has 0 spiro atoms. The topological polar surface area (TPSA) is 49.6 Å². The lowest BCUT2D eigenvalue weighted by molar-refractivity contribution is -0.135. The van der Waals surface area contributed by atoms with Crippen LogP contribution in [0.1, 0.15) is 26.7 Å². The SMILES string of the molecule is CC(N)C(=O)N1CCN2C(C)CCC2C1. The summed E-state index contributed by atoms with van der Waals surface area (Å²) >= 11 is 0. The van der Waals surface area contributed by atoms with Crippen LogP contribution in [-0.2, 0) is 4.79 Å². The molecule has 15 heavy (non-hydrogen) atoms. The largest absolute Gasteiger partial charge is 0.339 e. The number of fused-ring (bicyclic) bond motifs is 1.